The second-order valence-electron chi connectivity index (χ2n) is 8.02. The standard InChI is InChI=1S/C24H24F3N3O4S/c1-5-33-22(32)23(3,4)34-17-8-6-15(7-9-17)13-29-20(31)19-14(2)30-21(35-19)18-12-16(10-11-28-18)24(25,26)27/h6-12H,5,13H2,1-4H3,(H,29,31). The van der Waals surface area contributed by atoms with Crippen molar-refractivity contribution in [3.05, 3.63) is 64.3 Å². The lowest BCUT2D eigenvalue weighted by Crippen LogP contribution is -2.39. The topological polar surface area (TPSA) is 90.4 Å². The van der Waals surface area contributed by atoms with E-state index in [0.29, 0.717) is 11.4 Å². The molecule has 3 aromatic rings. The molecule has 0 aliphatic carbocycles. The Morgan fingerprint density at radius 3 is 2.43 bits per heavy atom. The molecule has 0 saturated carbocycles. The van der Waals surface area contributed by atoms with Crippen molar-refractivity contribution in [1.82, 2.24) is 15.3 Å². The van der Waals surface area contributed by atoms with Crippen molar-refractivity contribution in [1.29, 1.82) is 0 Å². The van der Waals surface area contributed by atoms with Crippen LogP contribution in [0.1, 0.15) is 47.3 Å². The lowest BCUT2D eigenvalue weighted by Gasteiger charge is -2.24. The number of rotatable bonds is 8. The minimum absolute atomic E-state index is 0.0494. The SMILES string of the molecule is CCOC(=O)C(C)(C)Oc1ccc(CNC(=O)c2sc(-c3cc(C(F)(F)F)ccn3)nc2C)cc1. The quantitative estimate of drug-likeness (QED) is 0.423. The number of aryl methyl sites for hydroxylation is 1. The van der Waals surface area contributed by atoms with Crippen molar-refractivity contribution in [2.75, 3.05) is 6.61 Å². The number of hydrogen-bond donors (Lipinski definition) is 1. The summed E-state index contributed by atoms with van der Waals surface area (Å²) >= 11 is 0.974. The van der Waals surface area contributed by atoms with E-state index in [4.69, 9.17) is 9.47 Å². The number of hydrogen-bond acceptors (Lipinski definition) is 7. The van der Waals surface area contributed by atoms with E-state index in [0.717, 1.165) is 35.2 Å². The number of nitrogens with one attached hydrogen (secondary N) is 1. The van der Waals surface area contributed by atoms with Gasteiger partial charge in [-0.3, -0.25) is 9.78 Å². The Balaban J connectivity index is 1.64. The van der Waals surface area contributed by atoms with Gasteiger partial charge >= 0.3 is 12.1 Å². The summed E-state index contributed by atoms with van der Waals surface area (Å²) in [5.74, 6) is -0.410. The van der Waals surface area contributed by atoms with E-state index in [1.807, 2.05) is 0 Å². The molecule has 0 radical (unpaired) electrons. The maximum absolute atomic E-state index is 13.0. The summed E-state index contributed by atoms with van der Waals surface area (Å²) in [6, 6.07) is 8.64. The molecule has 3 rings (SSSR count). The molecule has 0 aliphatic rings. The highest BCUT2D eigenvalue weighted by Gasteiger charge is 2.32. The van der Waals surface area contributed by atoms with Gasteiger partial charge in [-0.1, -0.05) is 12.1 Å². The van der Waals surface area contributed by atoms with Crippen LogP contribution in [0.3, 0.4) is 0 Å². The fraction of sp³-hybridized carbons (Fsp3) is 0.333. The van der Waals surface area contributed by atoms with E-state index < -0.39 is 29.2 Å². The molecule has 7 nitrogen and oxygen atoms in total. The zero-order valence-electron chi connectivity index (χ0n) is 19.5. The molecule has 1 amide bonds. The van der Waals surface area contributed by atoms with Gasteiger partial charge in [0.1, 0.15) is 15.6 Å². The summed E-state index contributed by atoms with van der Waals surface area (Å²) in [6.07, 6.45) is -3.44. The van der Waals surface area contributed by atoms with Crippen LogP contribution in [0, 0.1) is 6.92 Å². The fourth-order valence-corrected chi connectivity index (χ4v) is 3.97. The van der Waals surface area contributed by atoms with Crippen molar-refractivity contribution in [2.45, 2.75) is 46.0 Å². The summed E-state index contributed by atoms with van der Waals surface area (Å²) in [4.78, 5) is 33.1. The summed E-state index contributed by atoms with van der Waals surface area (Å²) in [5, 5.41) is 3.00. The van der Waals surface area contributed by atoms with E-state index >= 15 is 0 Å². The monoisotopic (exact) mass is 507 g/mol. The van der Waals surface area contributed by atoms with Gasteiger partial charge in [0.2, 0.25) is 0 Å². The highest BCUT2D eigenvalue weighted by molar-refractivity contribution is 7.17. The van der Waals surface area contributed by atoms with Crippen molar-refractivity contribution in [3.63, 3.8) is 0 Å². The number of halogens is 3. The molecule has 35 heavy (non-hydrogen) atoms. The molecule has 0 saturated heterocycles. The highest BCUT2D eigenvalue weighted by atomic mass is 32.1. The molecule has 0 aliphatic heterocycles. The van der Waals surface area contributed by atoms with E-state index in [9.17, 15) is 22.8 Å². The second-order valence-corrected chi connectivity index (χ2v) is 9.02. The first-order valence-electron chi connectivity index (χ1n) is 10.6. The zero-order valence-corrected chi connectivity index (χ0v) is 20.3. The predicted octanol–water partition coefficient (Wildman–Crippen LogP) is 5.18. The Morgan fingerprint density at radius 2 is 1.80 bits per heavy atom. The van der Waals surface area contributed by atoms with Crippen LogP contribution >= 0.6 is 11.3 Å². The van der Waals surface area contributed by atoms with Gasteiger partial charge in [-0.15, -0.1) is 11.3 Å². The van der Waals surface area contributed by atoms with Gasteiger partial charge in [0, 0.05) is 12.7 Å². The normalized spacial score (nSPS) is 11.7. The van der Waals surface area contributed by atoms with E-state index in [2.05, 4.69) is 15.3 Å². The number of carbonyl (C=O) groups excluding carboxylic acids is 2. The smallest absolute Gasteiger partial charge is 0.416 e. The first-order chi connectivity index (χ1) is 16.4. The number of pyridine rings is 1. The van der Waals surface area contributed by atoms with Gasteiger partial charge in [0.15, 0.2) is 5.60 Å². The highest BCUT2D eigenvalue weighted by Crippen LogP contribution is 2.33. The minimum atomic E-state index is -4.50. The van der Waals surface area contributed by atoms with Crippen LogP contribution in [0.25, 0.3) is 10.7 Å². The van der Waals surface area contributed by atoms with Gasteiger partial charge in [0.25, 0.3) is 5.91 Å². The third-order valence-electron chi connectivity index (χ3n) is 4.83. The first-order valence-corrected chi connectivity index (χ1v) is 11.5. The van der Waals surface area contributed by atoms with Crippen LogP contribution in [-0.2, 0) is 22.3 Å². The van der Waals surface area contributed by atoms with Gasteiger partial charge in [-0.25, -0.2) is 9.78 Å². The zero-order chi connectivity index (χ0) is 25.8. The Bertz CT molecular complexity index is 1210. The molecule has 186 valence electrons. The Hall–Kier alpha value is -3.47. The summed E-state index contributed by atoms with van der Waals surface area (Å²) < 4.78 is 49.7. The molecule has 0 spiro atoms. The molecule has 1 aromatic carbocycles. The van der Waals surface area contributed by atoms with Crippen LogP contribution in [0.2, 0.25) is 0 Å². The Morgan fingerprint density at radius 1 is 1.11 bits per heavy atom. The summed E-state index contributed by atoms with van der Waals surface area (Å²) in [7, 11) is 0. The molecule has 0 unspecified atom stereocenters. The van der Waals surface area contributed by atoms with Crippen LogP contribution in [0.4, 0.5) is 13.2 Å². The number of thiazole rings is 1. The molecular weight excluding hydrogens is 483 g/mol. The summed E-state index contributed by atoms with van der Waals surface area (Å²) in [5.41, 5.74) is -0.761. The molecule has 0 bridgehead atoms. The Kier molecular flexibility index (Phi) is 7.79. The first kappa shape index (κ1) is 26.1. The minimum Gasteiger partial charge on any atom is -0.476 e. The average molecular weight is 508 g/mol. The van der Waals surface area contributed by atoms with E-state index in [1.54, 1.807) is 52.0 Å². The molecular formula is C24H24F3N3O4S. The third kappa shape index (κ3) is 6.56. The third-order valence-corrected chi connectivity index (χ3v) is 6.00. The molecule has 2 heterocycles. The number of alkyl halides is 3. The molecule has 0 atom stereocenters. The van der Waals surface area contributed by atoms with E-state index in [1.165, 1.54) is 0 Å². The van der Waals surface area contributed by atoms with Crippen molar-refractivity contribution in [3.8, 4) is 16.5 Å². The summed E-state index contributed by atoms with van der Waals surface area (Å²) in [6.45, 7) is 7.00. The number of benzene rings is 1. The van der Waals surface area contributed by atoms with Crippen LogP contribution in [0.5, 0.6) is 5.75 Å². The Labute approximate surface area is 204 Å². The number of ether oxygens (including phenoxy) is 2. The largest absolute Gasteiger partial charge is 0.476 e. The van der Waals surface area contributed by atoms with Crippen LogP contribution < -0.4 is 10.1 Å². The molecule has 11 heteroatoms. The molecule has 0 fully saturated rings. The van der Waals surface area contributed by atoms with Gasteiger partial charge in [0.05, 0.1) is 23.6 Å². The number of amides is 1. The van der Waals surface area contributed by atoms with Crippen molar-refractivity contribution >= 4 is 23.2 Å². The number of nitrogens with zero attached hydrogens (tertiary/aromatic N) is 2. The van der Waals surface area contributed by atoms with E-state index in [-0.39, 0.29) is 28.7 Å². The van der Waals surface area contributed by atoms with Crippen LogP contribution in [-0.4, -0.2) is 34.1 Å². The fourth-order valence-electron chi connectivity index (χ4n) is 3.02. The number of aromatic nitrogens is 2. The average Bonchev–Trinajstić information content (AvgIpc) is 3.19. The molecule has 1 N–H and O–H groups in total. The van der Waals surface area contributed by atoms with Gasteiger partial charge < -0.3 is 14.8 Å². The van der Waals surface area contributed by atoms with Gasteiger partial charge in [-0.05, 0) is 57.5 Å². The van der Waals surface area contributed by atoms with Crippen molar-refractivity contribution < 1.29 is 32.2 Å². The number of esters is 1. The maximum Gasteiger partial charge on any atom is 0.416 e. The predicted molar refractivity (Wildman–Crippen MR) is 124 cm³/mol. The second kappa shape index (κ2) is 10.4. The van der Waals surface area contributed by atoms with Crippen LogP contribution in [0.15, 0.2) is 42.6 Å². The van der Waals surface area contributed by atoms with Crippen molar-refractivity contribution in [2.24, 2.45) is 0 Å². The maximum atomic E-state index is 13.0. The van der Waals surface area contributed by atoms with Gasteiger partial charge in [-0.2, -0.15) is 13.2 Å². The lowest BCUT2D eigenvalue weighted by molar-refractivity contribution is -0.158. The number of carbonyl (C=O) groups is 2. The lowest BCUT2D eigenvalue weighted by atomic mass is 10.1. The molecule has 2 aromatic heterocycles.